The van der Waals surface area contributed by atoms with Gasteiger partial charge in [-0.05, 0) is 36.1 Å². The monoisotopic (exact) mass is 260 g/mol. The molecule has 0 radical (unpaired) electrons. The Labute approximate surface area is 109 Å². The molecule has 0 aliphatic heterocycles. The maximum absolute atomic E-state index is 11.2. The van der Waals surface area contributed by atoms with Gasteiger partial charge in [0.25, 0.3) is 0 Å². The lowest BCUT2D eigenvalue weighted by Crippen LogP contribution is -2.05. The Morgan fingerprint density at radius 3 is 2.94 bits per heavy atom. The van der Waals surface area contributed by atoms with Crippen molar-refractivity contribution in [2.45, 2.75) is 12.8 Å². The molecule has 1 aromatic carbocycles. The van der Waals surface area contributed by atoms with Crippen molar-refractivity contribution < 1.29 is 14.6 Å². The maximum Gasteiger partial charge on any atom is 0.337 e. The third-order valence-electron chi connectivity index (χ3n) is 3.30. The lowest BCUT2D eigenvalue weighted by Gasteiger charge is -2.18. The fourth-order valence-corrected chi connectivity index (χ4v) is 3.47. The Morgan fingerprint density at radius 2 is 2.22 bits per heavy atom. The standard InChI is InChI=1S/C14H12O3S/c1-17-9-3-4-10-8(6-9)2-5-12-13(10)11(7-18-12)14(15)16/h3-4,6-7H,2,5H2,1H3,(H,15,16). The molecule has 0 fully saturated rings. The summed E-state index contributed by atoms with van der Waals surface area (Å²) in [6.45, 7) is 0. The average molecular weight is 260 g/mol. The first kappa shape index (κ1) is 11.3. The maximum atomic E-state index is 11.2. The third-order valence-corrected chi connectivity index (χ3v) is 4.35. The van der Waals surface area contributed by atoms with Crippen molar-refractivity contribution in [2.75, 3.05) is 7.11 Å². The molecule has 3 nitrogen and oxygen atoms in total. The lowest BCUT2D eigenvalue weighted by atomic mass is 9.88. The number of fused-ring (bicyclic) bond motifs is 3. The second-order valence-electron chi connectivity index (χ2n) is 4.28. The number of hydrogen-bond acceptors (Lipinski definition) is 3. The lowest BCUT2D eigenvalue weighted by molar-refractivity contribution is 0.0698. The van der Waals surface area contributed by atoms with E-state index in [2.05, 4.69) is 0 Å². The summed E-state index contributed by atoms with van der Waals surface area (Å²) in [5.41, 5.74) is 3.52. The van der Waals surface area contributed by atoms with E-state index in [0.29, 0.717) is 5.56 Å². The SMILES string of the molecule is COc1ccc2c(c1)CCc1scc(C(=O)O)c1-2. The van der Waals surface area contributed by atoms with Gasteiger partial charge in [-0.3, -0.25) is 0 Å². The van der Waals surface area contributed by atoms with E-state index >= 15 is 0 Å². The number of aryl methyl sites for hydroxylation is 2. The molecule has 1 aliphatic carbocycles. The van der Waals surface area contributed by atoms with Crippen LogP contribution in [0, 0.1) is 0 Å². The first-order valence-electron chi connectivity index (χ1n) is 5.71. The fraction of sp³-hybridized carbons (Fsp3) is 0.214. The van der Waals surface area contributed by atoms with Gasteiger partial charge in [0.05, 0.1) is 12.7 Å². The van der Waals surface area contributed by atoms with Gasteiger partial charge in [-0.2, -0.15) is 0 Å². The number of hydrogen-bond donors (Lipinski definition) is 1. The van der Waals surface area contributed by atoms with E-state index in [-0.39, 0.29) is 0 Å². The fourth-order valence-electron chi connectivity index (χ4n) is 2.43. The number of carboxylic acid groups (broad SMARTS) is 1. The summed E-state index contributed by atoms with van der Waals surface area (Å²) < 4.78 is 5.21. The third kappa shape index (κ3) is 1.61. The molecule has 0 amide bonds. The van der Waals surface area contributed by atoms with E-state index in [1.54, 1.807) is 23.8 Å². The van der Waals surface area contributed by atoms with Gasteiger partial charge in [0, 0.05) is 15.8 Å². The summed E-state index contributed by atoms with van der Waals surface area (Å²) in [6, 6.07) is 5.85. The highest BCUT2D eigenvalue weighted by Gasteiger charge is 2.24. The van der Waals surface area contributed by atoms with Crippen molar-refractivity contribution in [2.24, 2.45) is 0 Å². The van der Waals surface area contributed by atoms with Crippen LogP contribution in [0.3, 0.4) is 0 Å². The smallest absolute Gasteiger partial charge is 0.337 e. The predicted molar refractivity (Wildman–Crippen MR) is 70.7 cm³/mol. The molecule has 2 aromatic rings. The molecule has 92 valence electrons. The molecule has 0 atom stereocenters. The Kier molecular flexibility index (Phi) is 2.59. The molecular weight excluding hydrogens is 248 g/mol. The summed E-state index contributed by atoms with van der Waals surface area (Å²) in [5, 5.41) is 11.0. The van der Waals surface area contributed by atoms with Gasteiger partial charge in [0.2, 0.25) is 0 Å². The number of benzene rings is 1. The van der Waals surface area contributed by atoms with Crippen LogP contribution in [0.25, 0.3) is 11.1 Å². The predicted octanol–water partition coefficient (Wildman–Crippen LogP) is 3.22. The Bertz CT molecular complexity index is 628. The Balaban J connectivity index is 2.21. The summed E-state index contributed by atoms with van der Waals surface area (Å²) in [4.78, 5) is 12.4. The molecule has 0 unspecified atom stereocenters. The minimum atomic E-state index is -0.851. The number of carboxylic acids is 1. The summed E-state index contributed by atoms with van der Waals surface area (Å²) in [7, 11) is 1.64. The van der Waals surface area contributed by atoms with E-state index in [0.717, 1.165) is 29.7 Å². The highest BCUT2D eigenvalue weighted by Crippen LogP contribution is 2.40. The van der Waals surface area contributed by atoms with Gasteiger partial charge >= 0.3 is 5.97 Å². The summed E-state index contributed by atoms with van der Waals surface area (Å²) in [6.07, 6.45) is 1.85. The highest BCUT2D eigenvalue weighted by atomic mass is 32.1. The number of thiophene rings is 1. The van der Waals surface area contributed by atoms with E-state index < -0.39 is 5.97 Å². The van der Waals surface area contributed by atoms with Crippen molar-refractivity contribution in [3.8, 4) is 16.9 Å². The van der Waals surface area contributed by atoms with Gasteiger partial charge in [-0.1, -0.05) is 6.07 Å². The van der Waals surface area contributed by atoms with Crippen molar-refractivity contribution in [1.82, 2.24) is 0 Å². The number of aromatic carboxylic acids is 1. The van der Waals surface area contributed by atoms with E-state index in [9.17, 15) is 9.90 Å². The summed E-state index contributed by atoms with van der Waals surface area (Å²) >= 11 is 1.54. The molecule has 0 bridgehead atoms. The largest absolute Gasteiger partial charge is 0.497 e. The zero-order valence-corrected chi connectivity index (χ0v) is 10.7. The van der Waals surface area contributed by atoms with Crippen LogP contribution in [0.5, 0.6) is 5.75 Å². The normalized spacial score (nSPS) is 12.7. The van der Waals surface area contributed by atoms with Crippen LogP contribution in [0.4, 0.5) is 0 Å². The minimum Gasteiger partial charge on any atom is -0.497 e. The first-order chi connectivity index (χ1) is 8.70. The highest BCUT2D eigenvalue weighted by molar-refractivity contribution is 7.10. The molecule has 4 heteroatoms. The Morgan fingerprint density at radius 1 is 1.39 bits per heavy atom. The van der Waals surface area contributed by atoms with Gasteiger partial charge in [0.1, 0.15) is 5.75 Å². The molecule has 0 saturated carbocycles. The quantitative estimate of drug-likeness (QED) is 0.901. The molecule has 3 rings (SSSR count). The van der Waals surface area contributed by atoms with Gasteiger partial charge in [-0.25, -0.2) is 4.79 Å². The van der Waals surface area contributed by atoms with Crippen LogP contribution in [-0.4, -0.2) is 18.2 Å². The van der Waals surface area contributed by atoms with Crippen LogP contribution in [0.1, 0.15) is 20.8 Å². The minimum absolute atomic E-state index is 0.418. The van der Waals surface area contributed by atoms with Crippen LogP contribution < -0.4 is 4.74 Å². The van der Waals surface area contributed by atoms with E-state index in [1.165, 1.54) is 10.4 Å². The number of ether oxygens (including phenoxy) is 1. The van der Waals surface area contributed by atoms with Crippen LogP contribution in [0.15, 0.2) is 23.6 Å². The molecule has 0 spiro atoms. The van der Waals surface area contributed by atoms with E-state index in [1.807, 2.05) is 18.2 Å². The van der Waals surface area contributed by atoms with Crippen molar-refractivity contribution in [1.29, 1.82) is 0 Å². The van der Waals surface area contributed by atoms with Gasteiger partial charge in [-0.15, -0.1) is 11.3 Å². The van der Waals surface area contributed by atoms with Crippen LogP contribution in [-0.2, 0) is 12.8 Å². The van der Waals surface area contributed by atoms with Crippen molar-refractivity contribution in [3.63, 3.8) is 0 Å². The molecule has 0 saturated heterocycles. The van der Waals surface area contributed by atoms with Crippen LogP contribution in [0.2, 0.25) is 0 Å². The molecule has 1 N–H and O–H groups in total. The topological polar surface area (TPSA) is 46.5 Å². The zero-order chi connectivity index (χ0) is 12.7. The second kappa shape index (κ2) is 4.14. The number of rotatable bonds is 2. The zero-order valence-electron chi connectivity index (χ0n) is 9.90. The number of methoxy groups -OCH3 is 1. The van der Waals surface area contributed by atoms with Gasteiger partial charge in [0.15, 0.2) is 0 Å². The van der Waals surface area contributed by atoms with Crippen molar-refractivity contribution >= 4 is 17.3 Å². The summed E-state index contributed by atoms with van der Waals surface area (Å²) in [5.74, 6) is -0.0273. The first-order valence-corrected chi connectivity index (χ1v) is 6.59. The number of carbonyl (C=O) groups is 1. The molecule has 18 heavy (non-hydrogen) atoms. The second-order valence-corrected chi connectivity index (χ2v) is 5.24. The molecule has 1 aliphatic rings. The average Bonchev–Trinajstić information content (AvgIpc) is 2.82. The van der Waals surface area contributed by atoms with E-state index in [4.69, 9.17) is 4.74 Å². The van der Waals surface area contributed by atoms with Gasteiger partial charge < -0.3 is 9.84 Å². The van der Waals surface area contributed by atoms with Crippen molar-refractivity contribution in [3.05, 3.63) is 39.6 Å². The molecule has 1 aromatic heterocycles. The Hall–Kier alpha value is -1.81. The van der Waals surface area contributed by atoms with Crippen LogP contribution >= 0.6 is 11.3 Å². The molecule has 1 heterocycles. The molecular formula is C14H12O3S.